The van der Waals surface area contributed by atoms with Crippen LogP contribution in [-0.4, -0.2) is 27.2 Å². The first-order chi connectivity index (χ1) is 8.08. The molecule has 1 aliphatic heterocycles. The monoisotopic (exact) mass is 303 g/mol. The van der Waals surface area contributed by atoms with Crippen LogP contribution in [0.4, 0.5) is 0 Å². The van der Waals surface area contributed by atoms with Crippen molar-refractivity contribution in [1.82, 2.24) is 20.4 Å². The third-order valence-electron chi connectivity index (χ3n) is 3.38. The van der Waals surface area contributed by atoms with Crippen molar-refractivity contribution in [1.29, 1.82) is 0 Å². The fourth-order valence-corrected chi connectivity index (χ4v) is 2.93. The Hall–Kier alpha value is -0.500. The summed E-state index contributed by atoms with van der Waals surface area (Å²) in [5.74, 6) is 5.70. The number of hydrazine groups is 1. The SMILES string of the molecule is Cn1nnc(Br)c1C(NN)C1(C)CCCCO1. The molecule has 1 fully saturated rings. The number of aromatic nitrogens is 3. The van der Waals surface area contributed by atoms with E-state index in [2.05, 4.69) is 38.6 Å². The molecule has 3 N–H and O–H groups in total. The molecule has 0 amide bonds. The second-order valence-electron chi connectivity index (χ2n) is 4.61. The molecule has 0 radical (unpaired) electrons. The zero-order valence-electron chi connectivity index (χ0n) is 10.1. The van der Waals surface area contributed by atoms with Crippen LogP contribution >= 0.6 is 15.9 Å². The standard InChI is InChI=1S/C10H18BrN5O/c1-10(5-3-4-6-17-10)8(13-12)7-9(11)14-15-16(7)2/h8,13H,3-6,12H2,1-2H3. The van der Waals surface area contributed by atoms with Crippen molar-refractivity contribution >= 4 is 15.9 Å². The number of rotatable bonds is 3. The topological polar surface area (TPSA) is 78.0 Å². The van der Waals surface area contributed by atoms with Crippen LogP contribution in [0.3, 0.4) is 0 Å². The Morgan fingerprint density at radius 2 is 2.35 bits per heavy atom. The molecule has 0 bridgehead atoms. The summed E-state index contributed by atoms with van der Waals surface area (Å²) in [4.78, 5) is 0. The molecule has 0 aromatic carbocycles. The highest BCUT2D eigenvalue weighted by Gasteiger charge is 2.40. The van der Waals surface area contributed by atoms with E-state index in [1.807, 2.05) is 7.05 Å². The van der Waals surface area contributed by atoms with Crippen LogP contribution in [0, 0.1) is 0 Å². The largest absolute Gasteiger partial charge is 0.373 e. The zero-order chi connectivity index (χ0) is 12.5. The predicted octanol–water partition coefficient (Wildman–Crippen LogP) is 1.04. The highest BCUT2D eigenvalue weighted by Crippen LogP contribution is 2.37. The number of halogens is 1. The molecule has 1 aliphatic rings. The van der Waals surface area contributed by atoms with Gasteiger partial charge in [0.05, 0.1) is 17.3 Å². The van der Waals surface area contributed by atoms with E-state index < -0.39 is 0 Å². The fourth-order valence-electron chi connectivity index (χ4n) is 2.37. The lowest BCUT2D eigenvalue weighted by Crippen LogP contribution is -2.49. The van der Waals surface area contributed by atoms with Gasteiger partial charge in [0.1, 0.15) is 0 Å². The first-order valence-corrected chi connectivity index (χ1v) is 6.53. The average molecular weight is 304 g/mol. The third kappa shape index (κ3) is 2.37. The Morgan fingerprint density at radius 1 is 1.59 bits per heavy atom. The normalized spacial score (nSPS) is 27.1. The number of nitrogens with two attached hydrogens (primary N) is 1. The molecule has 1 saturated heterocycles. The number of nitrogens with zero attached hydrogens (tertiary/aromatic N) is 3. The van der Waals surface area contributed by atoms with Crippen LogP contribution < -0.4 is 11.3 Å². The van der Waals surface area contributed by atoms with Crippen molar-refractivity contribution in [2.45, 2.75) is 37.8 Å². The molecule has 0 spiro atoms. The van der Waals surface area contributed by atoms with Crippen LogP contribution in [0.2, 0.25) is 0 Å². The summed E-state index contributed by atoms with van der Waals surface area (Å²) < 4.78 is 8.35. The summed E-state index contributed by atoms with van der Waals surface area (Å²) in [6, 6.07) is -0.128. The third-order valence-corrected chi connectivity index (χ3v) is 3.94. The van der Waals surface area contributed by atoms with Gasteiger partial charge < -0.3 is 4.74 Å². The van der Waals surface area contributed by atoms with Crippen molar-refractivity contribution in [2.24, 2.45) is 12.9 Å². The molecular weight excluding hydrogens is 286 g/mol. The molecule has 1 aromatic heterocycles. The second-order valence-corrected chi connectivity index (χ2v) is 5.36. The number of aryl methyl sites for hydroxylation is 1. The summed E-state index contributed by atoms with van der Waals surface area (Å²) in [6.07, 6.45) is 3.23. The van der Waals surface area contributed by atoms with Crippen molar-refractivity contribution in [3.05, 3.63) is 10.3 Å². The molecule has 2 rings (SSSR count). The van der Waals surface area contributed by atoms with Gasteiger partial charge in [-0.15, -0.1) is 5.10 Å². The van der Waals surface area contributed by atoms with Gasteiger partial charge in [-0.3, -0.25) is 5.84 Å². The Labute approximate surface area is 109 Å². The molecule has 2 heterocycles. The molecular formula is C10H18BrN5O. The molecule has 7 heteroatoms. The van der Waals surface area contributed by atoms with Gasteiger partial charge in [-0.1, -0.05) is 5.21 Å². The van der Waals surface area contributed by atoms with Crippen LogP contribution in [0.25, 0.3) is 0 Å². The van der Waals surface area contributed by atoms with E-state index in [-0.39, 0.29) is 11.6 Å². The lowest BCUT2D eigenvalue weighted by molar-refractivity contribution is -0.0914. The van der Waals surface area contributed by atoms with Gasteiger partial charge in [0, 0.05) is 13.7 Å². The van der Waals surface area contributed by atoms with Gasteiger partial charge in [-0.2, -0.15) is 0 Å². The minimum atomic E-state index is -0.314. The summed E-state index contributed by atoms with van der Waals surface area (Å²) in [5, 5.41) is 7.97. The van der Waals surface area contributed by atoms with Crippen LogP contribution in [0.5, 0.6) is 0 Å². The highest BCUT2D eigenvalue weighted by molar-refractivity contribution is 9.10. The summed E-state index contributed by atoms with van der Waals surface area (Å²) in [7, 11) is 1.85. The van der Waals surface area contributed by atoms with E-state index in [1.54, 1.807) is 4.68 Å². The first kappa shape index (κ1) is 12.9. The number of nitrogens with one attached hydrogen (secondary N) is 1. The minimum absolute atomic E-state index is 0.128. The van der Waals surface area contributed by atoms with E-state index in [1.165, 1.54) is 0 Å². The molecule has 2 unspecified atom stereocenters. The minimum Gasteiger partial charge on any atom is -0.373 e. The van der Waals surface area contributed by atoms with E-state index in [9.17, 15) is 0 Å². The smallest absolute Gasteiger partial charge is 0.153 e. The Morgan fingerprint density at radius 3 is 2.82 bits per heavy atom. The first-order valence-electron chi connectivity index (χ1n) is 5.73. The Balaban J connectivity index is 2.32. The lowest BCUT2D eigenvalue weighted by Gasteiger charge is -2.40. The van der Waals surface area contributed by atoms with Crippen LogP contribution in [-0.2, 0) is 11.8 Å². The lowest BCUT2D eigenvalue weighted by atomic mass is 9.87. The highest BCUT2D eigenvalue weighted by atomic mass is 79.9. The Bertz CT molecular complexity index is 369. The molecule has 0 aliphatic carbocycles. The molecule has 2 atom stereocenters. The van der Waals surface area contributed by atoms with E-state index >= 15 is 0 Å². The zero-order valence-corrected chi connectivity index (χ0v) is 11.7. The van der Waals surface area contributed by atoms with Gasteiger partial charge in [-0.25, -0.2) is 10.1 Å². The van der Waals surface area contributed by atoms with E-state index in [0.29, 0.717) is 4.60 Å². The summed E-state index contributed by atoms with van der Waals surface area (Å²) in [5.41, 5.74) is 3.44. The second kappa shape index (κ2) is 5.01. The summed E-state index contributed by atoms with van der Waals surface area (Å²) in [6.45, 7) is 2.85. The van der Waals surface area contributed by atoms with Gasteiger partial charge in [0.15, 0.2) is 4.60 Å². The van der Waals surface area contributed by atoms with Gasteiger partial charge >= 0.3 is 0 Å². The Kier molecular flexibility index (Phi) is 3.82. The molecule has 96 valence electrons. The maximum Gasteiger partial charge on any atom is 0.153 e. The van der Waals surface area contributed by atoms with Crippen LogP contribution in [0.1, 0.15) is 37.9 Å². The summed E-state index contributed by atoms with van der Waals surface area (Å²) >= 11 is 3.40. The van der Waals surface area contributed by atoms with Gasteiger partial charge in [0.25, 0.3) is 0 Å². The van der Waals surface area contributed by atoms with E-state index in [0.717, 1.165) is 31.6 Å². The molecule has 1 aromatic rings. The fraction of sp³-hybridized carbons (Fsp3) is 0.800. The van der Waals surface area contributed by atoms with Gasteiger partial charge in [0.2, 0.25) is 0 Å². The van der Waals surface area contributed by atoms with Gasteiger partial charge in [-0.05, 0) is 42.1 Å². The molecule has 17 heavy (non-hydrogen) atoms. The number of ether oxygens (including phenoxy) is 1. The maximum atomic E-state index is 5.92. The van der Waals surface area contributed by atoms with Crippen molar-refractivity contribution in [3.8, 4) is 0 Å². The van der Waals surface area contributed by atoms with Crippen molar-refractivity contribution in [2.75, 3.05) is 6.61 Å². The predicted molar refractivity (Wildman–Crippen MR) is 67.0 cm³/mol. The molecule has 0 saturated carbocycles. The number of hydrogen-bond acceptors (Lipinski definition) is 5. The molecule has 6 nitrogen and oxygen atoms in total. The van der Waals surface area contributed by atoms with Crippen LogP contribution in [0.15, 0.2) is 4.60 Å². The van der Waals surface area contributed by atoms with Crippen molar-refractivity contribution < 1.29 is 4.74 Å². The quantitative estimate of drug-likeness (QED) is 0.644. The number of hydrogen-bond donors (Lipinski definition) is 2. The maximum absolute atomic E-state index is 5.92. The average Bonchev–Trinajstić information content (AvgIpc) is 2.63. The van der Waals surface area contributed by atoms with E-state index in [4.69, 9.17) is 10.6 Å². The van der Waals surface area contributed by atoms with Crippen molar-refractivity contribution in [3.63, 3.8) is 0 Å².